The molecule has 0 bridgehead atoms. The standard InChI is InChI=1S/C24H42N4O2/c1-20-10-11-22(23(16-20)30-19-21-12-15-29-18-21)17-27-24(25-2)26-13-8-6-5-7-9-14-28(3)4/h10-11,16,21H,5-9,12-15,17-19H2,1-4H3,(H2,25,26,27). The van der Waals surface area contributed by atoms with Crippen LogP contribution in [0.25, 0.3) is 0 Å². The molecule has 30 heavy (non-hydrogen) atoms. The van der Waals surface area contributed by atoms with Gasteiger partial charge in [-0.05, 0) is 58.5 Å². The molecule has 2 N–H and O–H groups in total. The maximum Gasteiger partial charge on any atom is 0.191 e. The summed E-state index contributed by atoms with van der Waals surface area (Å²) in [4.78, 5) is 6.61. The van der Waals surface area contributed by atoms with Gasteiger partial charge < -0.3 is 25.0 Å². The van der Waals surface area contributed by atoms with Crippen molar-refractivity contribution in [2.75, 3.05) is 54.1 Å². The number of benzene rings is 1. The number of aliphatic imine (C=N–C) groups is 1. The van der Waals surface area contributed by atoms with Crippen molar-refractivity contribution >= 4 is 5.96 Å². The summed E-state index contributed by atoms with van der Waals surface area (Å²) in [6.07, 6.45) is 7.43. The topological polar surface area (TPSA) is 58.1 Å². The van der Waals surface area contributed by atoms with Crippen LogP contribution in [0.5, 0.6) is 5.75 Å². The highest BCUT2D eigenvalue weighted by atomic mass is 16.5. The van der Waals surface area contributed by atoms with Gasteiger partial charge in [-0.2, -0.15) is 0 Å². The lowest BCUT2D eigenvalue weighted by atomic mass is 10.1. The Bertz CT molecular complexity index is 628. The van der Waals surface area contributed by atoms with E-state index < -0.39 is 0 Å². The predicted molar refractivity (Wildman–Crippen MR) is 125 cm³/mol. The Hall–Kier alpha value is -1.79. The summed E-state index contributed by atoms with van der Waals surface area (Å²) in [7, 11) is 6.10. The van der Waals surface area contributed by atoms with Gasteiger partial charge in [-0.15, -0.1) is 0 Å². The van der Waals surface area contributed by atoms with Gasteiger partial charge in [0.1, 0.15) is 5.75 Å². The molecule has 0 spiro atoms. The van der Waals surface area contributed by atoms with Gasteiger partial charge in [0, 0.05) is 38.2 Å². The van der Waals surface area contributed by atoms with Crippen molar-refractivity contribution in [1.29, 1.82) is 0 Å². The third-order valence-corrected chi connectivity index (χ3v) is 5.47. The highest BCUT2D eigenvalue weighted by Gasteiger charge is 2.17. The number of ether oxygens (including phenoxy) is 2. The van der Waals surface area contributed by atoms with E-state index in [1.54, 1.807) is 0 Å². The van der Waals surface area contributed by atoms with E-state index in [4.69, 9.17) is 9.47 Å². The molecule has 0 radical (unpaired) electrons. The quantitative estimate of drug-likeness (QED) is 0.291. The third kappa shape index (κ3) is 9.81. The average molecular weight is 419 g/mol. The molecule has 0 saturated carbocycles. The molecule has 1 atom stereocenters. The Morgan fingerprint density at radius 2 is 1.97 bits per heavy atom. The first-order valence-corrected chi connectivity index (χ1v) is 11.5. The number of nitrogens with one attached hydrogen (secondary N) is 2. The molecule has 1 aromatic carbocycles. The maximum absolute atomic E-state index is 6.14. The van der Waals surface area contributed by atoms with E-state index in [1.807, 2.05) is 7.05 Å². The molecule has 1 fully saturated rings. The van der Waals surface area contributed by atoms with E-state index in [-0.39, 0.29) is 0 Å². The number of unbranched alkanes of at least 4 members (excludes halogenated alkanes) is 4. The molecule has 1 heterocycles. The highest BCUT2D eigenvalue weighted by molar-refractivity contribution is 5.79. The first-order valence-electron chi connectivity index (χ1n) is 11.5. The van der Waals surface area contributed by atoms with Crippen LogP contribution in [0.2, 0.25) is 0 Å². The molecule has 1 aromatic rings. The molecule has 6 heteroatoms. The average Bonchev–Trinajstić information content (AvgIpc) is 3.25. The molecule has 6 nitrogen and oxygen atoms in total. The van der Waals surface area contributed by atoms with Crippen LogP contribution in [0, 0.1) is 12.8 Å². The van der Waals surface area contributed by atoms with Crippen molar-refractivity contribution in [3.05, 3.63) is 29.3 Å². The van der Waals surface area contributed by atoms with Crippen molar-refractivity contribution in [2.24, 2.45) is 10.9 Å². The van der Waals surface area contributed by atoms with Crippen LogP contribution < -0.4 is 15.4 Å². The van der Waals surface area contributed by atoms with E-state index in [9.17, 15) is 0 Å². The van der Waals surface area contributed by atoms with Crippen molar-refractivity contribution in [2.45, 2.75) is 52.0 Å². The molecule has 1 aliphatic heterocycles. The van der Waals surface area contributed by atoms with Crippen molar-refractivity contribution in [3.63, 3.8) is 0 Å². The van der Waals surface area contributed by atoms with Crippen LogP contribution in [0.3, 0.4) is 0 Å². The molecular formula is C24H42N4O2. The molecule has 1 aliphatic rings. The lowest BCUT2D eigenvalue weighted by molar-refractivity contribution is 0.166. The molecule has 1 unspecified atom stereocenters. The Kier molecular flexibility index (Phi) is 11.6. The van der Waals surface area contributed by atoms with Gasteiger partial charge in [0.2, 0.25) is 0 Å². The number of hydrogen-bond donors (Lipinski definition) is 2. The number of nitrogens with zero attached hydrogens (tertiary/aromatic N) is 2. The summed E-state index contributed by atoms with van der Waals surface area (Å²) in [5.41, 5.74) is 2.37. The van der Waals surface area contributed by atoms with Gasteiger partial charge in [0.15, 0.2) is 5.96 Å². The van der Waals surface area contributed by atoms with Crippen molar-refractivity contribution < 1.29 is 9.47 Å². The van der Waals surface area contributed by atoms with E-state index in [0.29, 0.717) is 12.5 Å². The maximum atomic E-state index is 6.14. The summed E-state index contributed by atoms with van der Waals surface area (Å²) in [6.45, 7) is 7.32. The van der Waals surface area contributed by atoms with Gasteiger partial charge in [0.25, 0.3) is 0 Å². The molecule has 170 valence electrons. The van der Waals surface area contributed by atoms with Gasteiger partial charge >= 0.3 is 0 Å². The summed E-state index contributed by atoms with van der Waals surface area (Å²) >= 11 is 0. The van der Waals surface area contributed by atoms with E-state index in [0.717, 1.165) is 50.1 Å². The SMILES string of the molecule is CN=C(NCCCCCCCN(C)C)NCc1ccc(C)cc1OCC1CCOC1. The zero-order valence-corrected chi connectivity index (χ0v) is 19.5. The number of aryl methyl sites for hydroxylation is 1. The number of guanidine groups is 1. The Balaban J connectivity index is 1.68. The lowest BCUT2D eigenvalue weighted by Crippen LogP contribution is -2.37. The highest BCUT2D eigenvalue weighted by Crippen LogP contribution is 2.22. The van der Waals surface area contributed by atoms with Crippen LogP contribution in [0.15, 0.2) is 23.2 Å². The van der Waals surface area contributed by atoms with Crippen LogP contribution in [-0.2, 0) is 11.3 Å². The Morgan fingerprint density at radius 3 is 2.70 bits per heavy atom. The fraction of sp³-hybridized carbons (Fsp3) is 0.708. The Morgan fingerprint density at radius 1 is 1.17 bits per heavy atom. The first-order chi connectivity index (χ1) is 14.6. The zero-order valence-electron chi connectivity index (χ0n) is 19.5. The molecule has 2 rings (SSSR count). The van der Waals surface area contributed by atoms with Gasteiger partial charge in [0.05, 0.1) is 13.2 Å². The predicted octanol–water partition coefficient (Wildman–Crippen LogP) is 3.59. The third-order valence-electron chi connectivity index (χ3n) is 5.47. The second kappa shape index (κ2) is 14.3. The van der Waals surface area contributed by atoms with Crippen LogP contribution in [0.4, 0.5) is 0 Å². The first kappa shape index (κ1) is 24.5. The van der Waals surface area contributed by atoms with E-state index >= 15 is 0 Å². The van der Waals surface area contributed by atoms with E-state index in [1.165, 1.54) is 44.2 Å². The number of hydrogen-bond acceptors (Lipinski definition) is 4. The monoisotopic (exact) mass is 418 g/mol. The molecular weight excluding hydrogens is 376 g/mol. The van der Waals surface area contributed by atoms with Gasteiger partial charge in [-0.3, -0.25) is 4.99 Å². The van der Waals surface area contributed by atoms with E-state index in [2.05, 4.69) is 59.7 Å². The van der Waals surface area contributed by atoms with Crippen LogP contribution in [-0.4, -0.2) is 64.9 Å². The lowest BCUT2D eigenvalue weighted by Gasteiger charge is -2.17. The van der Waals surface area contributed by atoms with Crippen molar-refractivity contribution in [1.82, 2.24) is 15.5 Å². The summed E-state index contributed by atoms with van der Waals surface area (Å²) in [5.74, 6) is 2.31. The fourth-order valence-electron chi connectivity index (χ4n) is 3.55. The molecule has 0 aromatic heterocycles. The zero-order chi connectivity index (χ0) is 21.6. The minimum Gasteiger partial charge on any atom is -0.493 e. The minimum absolute atomic E-state index is 0.503. The van der Waals surface area contributed by atoms with Crippen molar-refractivity contribution in [3.8, 4) is 5.75 Å². The van der Waals surface area contributed by atoms with Crippen LogP contribution in [0.1, 0.15) is 49.7 Å². The molecule has 1 saturated heterocycles. The number of rotatable bonds is 13. The second-order valence-electron chi connectivity index (χ2n) is 8.58. The summed E-state index contributed by atoms with van der Waals surface area (Å²) < 4.78 is 11.6. The minimum atomic E-state index is 0.503. The smallest absolute Gasteiger partial charge is 0.191 e. The van der Waals surface area contributed by atoms with Crippen LogP contribution >= 0.6 is 0 Å². The fourth-order valence-corrected chi connectivity index (χ4v) is 3.55. The van der Waals surface area contributed by atoms with Gasteiger partial charge in [-0.25, -0.2) is 0 Å². The molecule has 0 aliphatic carbocycles. The summed E-state index contributed by atoms with van der Waals surface area (Å²) in [6, 6.07) is 6.40. The largest absolute Gasteiger partial charge is 0.493 e. The molecule has 0 amide bonds. The Labute approximate surface area is 183 Å². The summed E-state index contributed by atoms with van der Waals surface area (Å²) in [5, 5.41) is 6.86. The normalized spacial score (nSPS) is 16.8. The second-order valence-corrected chi connectivity index (χ2v) is 8.58. The van der Waals surface area contributed by atoms with Gasteiger partial charge in [-0.1, -0.05) is 31.4 Å².